The Balaban J connectivity index is 2.19. The minimum absolute atomic E-state index is 0.0482. The molecule has 3 heteroatoms. The van der Waals surface area contributed by atoms with Crippen molar-refractivity contribution in [2.75, 3.05) is 13.2 Å². The molecular weight excluding hydrogens is 238 g/mol. The first-order chi connectivity index (χ1) is 8.68. The Kier molecular flexibility index (Phi) is 6.28. The predicted octanol–water partition coefficient (Wildman–Crippen LogP) is 3.11. The summed E-state index contributed by atoms with van der Waals surface area (Å²) in [7, 11) is 0. The van der Waals surface area contributed by atoms with E-state index in [0.717, 1.165) is 19.3 Å². The van der Waals surface area contributed by atoms with E-state index in [-0.39, 0.29) is 5.54 Å². The van der Waals surface area contributed by atoms with E-state index in [2.05, 4.69) is 39.9 Å². The Morgan fingerprint density at radius 3 is 2.26 bits per heavy atom. The van der Waals surface area contributed by atoms with Gasteiger partial charge in [0.05, 0.1) is 18.8 Å². The van der Waals surface area contributed by atoms with Crippen molar-refractivity contribution in [1.82, 2.24) is 5.32 Å². The van der Waals surface area contributed by atoms with Gasteiger partial charge in [-0.2, -0.15) is 0 Å². The monoisotopic (exact) mass is 271 g/mol. The van der Waals surface area contributed by atoms with E-state index >= 15 is 0 Å². The molecule has 1 atom stereocenters. The van der Waals surface area contributed by atoms with Gasteiger partial charge in [0.25, 0.3) is 0 Å². The average molecular weight is 271 g/mol. The van der Waals surface area contributed by atoms with Crippen molar-refractivity contribution >= 4 is 0 Å². The summed E-state index contributed by atoms with van der Waals surface area (Å²) in [6, 6.07) is 0. The second kappa shape index (κ2) is 7.05. The van der Waals surface area contributed by atoms with Gasteiger partial charge >= 0.3 is 0 Å². The largest absolute Gasteiger partial charge is 0.389 e. The van der Waals surface area contributed by atoms with Crippen LogP contribution in [-0.2, 0) is 4.74 Å². The number of ether oxygens (including phenoxy) is 1. The maximum Gasteiger partial charge on any atom is 0.0898 e. The second-order valence-electron chi connectivity index (χ2n) is 7.90. The smallest absolute Gasteiger partial charge is 0.0898 e. The lowest BCUT2D eigenvalue weighted by Gasteiger charge is -2.34. The molecule has 2 N–H and O–H groups in total. The van der Waals surface area contributed by atoms with E-state index < -0.39 is 6.10 Å². The maximum atomic E-state index is 9.98. The summed E-state index contributed by atoms with van der Waals surface area (Å²) in [6.45, 7) is 12.2. The van der Waals surface area contributed by atoms with Gasteiger partial charge < -0.3 is 15.2 Å². The fourth-order valence-electron chi connectivity index (χ4n) is 3.14. The highest BCUT2D eigenvalue weighted by molar-refractivity contribution is 4.84. The first-order valence-electron chi connectivity index (χ1n) is 7.73. The predicted molar refractivity (Wildman–Crippen MR) is 80.4 cm³/mol. The lowest BCUT2D eigenvalue weighted by atomic mass is 9.82. The number of aliphatic hydroxyl groups is 1. The molecule has 0 aromatic carbocycles. The molecular formula is C16H33NO2. The van der Waals surface area contributed by atoms with Crippen molar-refractivity contribution in [2.24, 2.45) is 5.41 Å². The molecule has 1 fully saturated rings. The third kappa shape index (κ3) is 7.91. The van der Waals surface area contributed by atoms with Gasteiger partial charge in [-0.05, 0) is 38.5 Å². The first-order valence-corrected chi connectivity index (χ1v) is 7.73. The summed E-state index contributed by atoms with van der Waals surface area (Å²) in [5, 5.41) is 13.4. The van der Waals surface area contributed by atoms with Gasteiger partial charge in [0.2, 0.25) is 0 Å². The van der Waals surface area contributed by atoms with E-state index in [1.165, 1.54) is 12.8 Å². The molecule has 0 aromatic rings. The summed E-state index contributed by atoms with van der Waals surface area (Å²) in [5.74, 6) is 0. The summed E-state index contributed by atoms with van der Waals surface area (Å²) in [4.78, 5) is 0. The van der Waals surface area contributed by atoms with Gasteiger partial charge in [-0.15, -0.1) is 0 Å². The van der Waals surface area contributed by atoms with Crippen LogP contribution in [-0.4, -0.2) is 36.0 Å². The van der Waals surface area contributed by atoms with Crippen LogP contribution in [0.3, 0.4) is 0 Å². The molecule has 1 aliphatic carbocycles. The minimum Gasteiger partial charge on any atom is -0.389 e. The Labute approximate surface area is 119 Å². The van der Waals surface area contributed by atoms with E-state index in [9.17, 15) is 5.11 Å². The van der Waals surface area contributed by atoms with Gasteiger partial charge in [-0.25, -0.2) is 0 Å². The van der Waals surface area contributed by atoms with Crippen LogP contribution in [0.1, 0.15) is 66.7 Å². The quantitative estimate of drug-likeness (QED) is 0.747. The van der Waals surface area contributed by atoms with E-state index in [1.807, 2.05) is 0 Å². The number of nitrogens with one attached hydrogen (secondary N) is 1. The molecule has 0 amide bonds. The standard InChI is InChI=1S/C16H33NO2/c1-15(2,3)12-16(4,5)17-10-13(18)11-19-14-8-6-7-9-14/h13-14,17-18H,6-12H2,1-5H3. The molecule has 114 valence electrons. The SMILES string of the molecule is CC(C)(C)CC(C)(C)NCC(O)COC1CCCC1. The molecule has 0 radical (unpaired) electrons. The summed E-state index contributed by atoms with van der Waals surface area (Å²) in [6.07, 6.45) is 5.94. The van der Waals surface area contributed by atoms with E-state index in [4.69, 9.17) is 4.74 Å². The fourth-order valence-corrected chi connectivity index (χ4v) is 3.14. The van der Waals surface area contributed by atoms with Crippen molar-refractivity contribution in [3.8, 4) is 0 Å². The summed E-state index contributed by atoms with van der Waals surface area (Å²) >= 11 is 0. The lowest BCUT2D eigenvalue weighted by Crippen LogP contribution is -2.46. The van der Waals surface area contributed by atoms with Crippen LogP contribution in [0.4, 0.5) is 0 Å². The molecule has 0 spiro atoms. The highest BCUT2D eigenvalue weighted by atomic mass is 16.5. The molecule has 1 rings (SSSR count). The van der Waals surface area contributed by atoms with E-state index in [1.54, 1.807) is 0 Å². The van der Waals surface area contributed by atoms with Gasteiger partial charge in [0.15, 0.2) is 0 Å². The molecule has 0 heterocycles. The zero-order valence-corrected chi connectivity index (χ0v) is 13.5. The first kappa shape index (κ1) is 16.9. The van der Waals surface area contributed by atoms with Crippen LogP contribution in [0.5, 0.6) is 0 Å². The Hall–Kier alpha value is -0.120. The number of hydrogen-bond acceptors (Lipinski definition) is 3. The number of aliphatic hydroxyl groups excluding tert-OH is 1. The van der Waals surface area contributed by atoms with Crippen molar-refractivity contribution in [3.63, 3.8) is 0 Å². The summed E-state index contributed by atoms with van der Waals surface area (Å²) in [5.41, 5.74) is 0.342. The highest BCUT2D eigenvalue weighted by Crippen LogP contribution is 2.26. The van der Waals surface area contributed by atoms with Crippen LogP contribution in [0.25, 0.3) is 0 Å². The molecule has 19 heavy (non-hydrogen) atoms. The van der Waals surface area contributed by atoms with Crippen LogP contribution in [0.2, 0.25) is 0 Å². The second-order valence-corrected chi connectivity index (χ2v) is 7.90. The molecule has 1 unspecified atom stereocenters. The van der Waals surface area contributed by atoms with Crippen molar-refractivity contribution in [1.29, 1.82) is 0 Å². The maximum absolute atomic E-state index is 9.98. The Morgan fingerprint density at radius 2 is 1.74 bits per heavy atom. The topological polar surface area (TPSA) is 41.5 Å². The zero-order chi connectivity index (χ0) is 14.5. The van der Waals surface area contributed by atoms with Gasteiger partial charge in [0, 0.05) is 12.1 Å². The van der Waals surface area contributed by atoms with Gasteiger partial charge in [-0.3, -0.25) is 0 Å². The molecule has 0 bridgehead atoms. The number of hydrogen-bond donors (Lipinski definition) is 2. The van der Waals surface area contributed by atoms with Crippen LogP contribution >= 0.6 is 0 Å². The van der Waals surface area contributed by atoms with Crippen LogP contribution in [0.15, 0.2) is 0 Å². The van der Waals surface area contributed by atoms with Crippen LogP contribution in [0, 0.1) is 5.41 Å². The minimum atomic E-state index is -0.403. The lowest BCUT2D eigenvalue weighted by molar-refractivity contribution is -0.00813. The molecule has 1 aliphatic rings. The third-order valence-electron chi connectivity index (χ3n) is 3.62. The Bertz CT molecular complexity index is 252. The number of β-amino-alcohol motifs (C(OH)–C–C–N with tert-alkyl or cyclic N) is 1. The van der Waals surface area contributed by atoms with Crippen molar-refractivity contribution in [3.05, 3.63) is 0 Å². The van der Waals surface area contributed by atoms with Crippen LogP contribution < -0.4 is 5.32 Å². The zero-order valence-electron chi connectivity index (χ0n) is 13.5. The molecule has 0 aromatic heterocycles. The fraction of sp³-hybridized carbons (Fsp3) is 1.00. The normalized spacial score (nSPS) is 19.9. The van der Waals surface area contributed by atoms with Crippen molar-refractivity contribution < 1.29 is 9.84 Å². The molecule has 1 saturated carbocycles. The van der Waals surface area contributed by atoms with Gasteiger partial charge in [-0.1, -0.05) is 33.6 Å². The molecule has 0 saturated heterocycles. The van der Waals surface area contributed by atoms with Gasteiger partial charge in [0.1, 0.15) is 0 Å². The average Bonchev–Trinajstić information content (AvgIpc) is 2.73. The van der Waals surface area contributed by atoms with Crippen molar-refractivity contribution in [2.45, 2.75) is 84.5 Å². The number of rotatable bonds is 7. The van der Waals surface area contributed by atoms with E-state index in [0.29, 0.717) is 24.7 Å². The summed E-state index contributed by atoms with van der Waals surface area (Å²) < 4.78 is 5.74. The highest BCUT2D eigenvalue weighted by Gasteiger charge is 2.25. The third-order valence-corrected chi connectivity index (χ3v) is 3.62. The molecule has 3 nitrogen and oxygen atoms in total. The molecule has 0 aliphatic heterocycles. The Morgan fingerprint density at radius 1 is 1.16 bits per heavy atom.